The van der Waals surface area contributed by atoms with Gasteiger partial charge in [-0.2, -0.15) is 0 Å². The van der Waals surface area contributed by atoms with E-state index in [2.05, 4.69) is 5.73 Å². The maximum Gasteiger partial charge on any atom is 0.308 e. The largest absolute Gasteiger partial charge is 0.489 e. The highest BCUT2D eigenvalue weighted by Crippen LogP contribution is 2.27. The number of benzene rings is 2. The van der Waals surface area contributed by atoms with Gasteiger partial charge in [0.25, 0.3) is 0 Å². The summed E-state index contributed by atoms with van der Waals surface area (Å²) in [6, 6.07) is 7.24. The van der Waals surface area contributed by atoms with Crippen LogP contribution in [-0.2, 0) is 16.2 Å². The van der Waals surface area contributed by atoms with Crippen LogP contribution in [0.15, 0.2) is 36.4 Å². The van der Waals surface area contributed by atoms with Crippen molar-refractivity contribution in [3.8, 4) is 5.75 Å². The van der Waals surface area contributed by atoms with E-state index in [4.69, 9.17) is 9.84 Å². The van der Waals surface area contributed by atoms with Crippen LogP contribution in [0.3, 0.4) is 0 Å². The molecule has 150 valence electrons. The van der Waals surface area contributed by atoms with Crippen LogP contribution >= 0.6 is 0 Å². The highest BCUT2D eigenvalue weighted by atomic mass is 19.1. The second-order valence-corrected chi connectivity index (χ2v) is 5.87. The fraction of sp³-hybridized carbons (Fsp3) is 0.263. The lowest BCUT2D eigenvalue weighted by atomic mass is 10.1. The Kier molecular flexibility index (Phi) is 7.00. The second-order valence-electron chi connectivity index (χ2n) is 5.87. The summed E-state index contributed by atoms with van der Waals surface area (Å²) in [6.45, 7) is -0.346. The minimum Gasteiger partial charge on any atom is -0.489 e. The zero-order valence-corrected chi connectivity index (χ0v) is 15.0. The fourth-order valence-corrected chi connectivity index (χ4v) is 2.71. The molecule has 1 amide bonds. The van der Waals surface area contributed by atoms with E-state index in [9.17, 15) is 22.8 Å². The smallest absolute Gasteiger partial charge is 0.308 e. The summed E-state index contributed by atoms with van der Waals surface area (Å²) in [6.07, 6.45) is -0.0588. The number of hydrogen-bond acceptors (Lipinski definition) is 4. The molecule has 2 aromatic carbocycles. The van der Waals surface area contributed by atoms with Crippen LogP contribution in [0.25, 0.3) is 0 Å². The zero-order chi connectivity index (χ0) is 20.8. The lowest BCUT2D eigenvalue weighted by Gasteiger charge is -2.16. The second kappa shape index (κ2) is 9.23. The van der Waals surface area contributed by atoms with Crippen molar-refractivity contribution in [1.29, 1.82) is 0 Å². The first-order valence-electron chi connectivity index (χ1n) is 8.32. The Balaban J connectivity index is 0.00000136. The average Bonchev–Trinajstić information content (AvgIpc) is 3.05. The Bertz CT molecular complexity index is 836. The molecular formula is C19H19F3N2O4. The molecule has 0 aromatic heterocycles. The molecule has 1 fully saturated rings. The highest BCUT2D eigenvalue weighted by molar-refractivity contribution is 5.99. The van der Waals surface area contributed by atoms with Gasteiger partial charge in [0.1, 0.15) is 29.8 Å². The summed E-state index contributed by atoms with van der Waals surface area (Å²) >= 11 is 0. The van der Waals surface area contributed by atoms with Crippen LogP contribution in [0.4, 0.5) is 18.9 Å². The molecule has 1 atom stereocenters. The first-order valence-corrected chi connectivity index (χ1v) is 8.32. The number of halogens is 3. The van der Waals surface area contributed by atoms with Crippen molar-refractivity contribution in [1.82, 2.24) is 0 Å². The number of amides is 1. The quantitative estimate of drug-likeness (QED) is 0.811. The minimum absolute atomic E-state index is 0.0588. The molecule has 1 saturated heterocycles. The first-order chi connectivity index (χ1) is 13.3. The van der Waals surface area contributed by atoms with E-state index in [1.54, 1.807) is 12.1 Å². The maximum atomic E-state index is 13.6. The van der Waals surface area contributed by atoms with Crippen molar-refractivity contribution in [3.63, 3.8) is 0 Å². The summed E-state index contributed by atoms with van der Waals surface area (Å²) < 4.78 is 45.3. The minimum atomic E-state index is -1.04. The number of hydrogen-bond donors (Lipinski definition) is 2. The van der Waals surface area contributed by atoms with Crippen molar-refractivity contribution < 1.29 is 32.6 Å². The topological polar surface area (TPSA) is 92.9 Å². The number of nitrogens with zero attached hydrogens (tertiary/aromatic N) is 1. The normalized spacial score (nSPS) is 15.8. The molecule has 28 heavy (non-hydrogen) atoms. The van der Waals surface area contributed by atoms with Gasteiger partial charge in [-0.15, -0.1) is 0 Å². The molecule has 2 aromatic rings. The first kappa shape index (κ1) is 21.2. The number of anilines is 1. The van der Waals surface area contributed by atoms with Gasteiger partial charge in [0.15, 0.2) is 0 Å². The number of carbonyl (C=O) groups is 2. The molecule has 1 heterocycles. The average molecular weight is 396 g/mol. The van der Waals surface area contributed by atoms with Gasteiger partial charge in [-0.3, -0.25) is 9.59 Å². The van der Waals surface area contributed by atoms with Crippen molar-refractivity contribution in [2.45, 2.75) is 13.0 Å². The van der Waals surface area contributed by atoms with Gasteiger partial charge >= 0.3 is 5.97 Å². The summed E-state index contributed by atoms with van der Waals surface area (Å²) in [5, 5.41) is 9.00. The van der Waals surface area contributed by atoms with E-state index in [-0.39, 0.29) is 18.9 Å². The lowest BCUT2D eigenvalue weighted by Crippen LogP contribution is -2.25. The number of carboxylic acids is 1. The number of rotatable bonds is 5. The molecule has 1 aliphatic heterocycles. The molecule has 0 bridgehead atoms. The van der Waals surface area contributed by atoms with E-state index in [1.165, 1.54) is 24.1 Å². The van der Waals surface area contributed by atoms with Gasteiger partial charge < -0.3 is 20.5 Å². The van der Waals surface area contributed by atoms with Crippen molar-refractivity contribution >= 4 is 17.6 Å². The number of carboxylic acid groups (broad SMARTS) is 1. The molecule has 9 heteroatoms. The van der Waals surface area contributed by atoms with Crippen molar-refractivity contribution in [2.75, 3.05) is 18.5 Å². The van der Waals surface area contributed by atoms with E-state index in [0.29, 0.717) is 23.6 Å². The Hall–Kier alpha value is -3.07. The van der Waals surface area contributed by atoms with Gasteiger partial charge in [-0.1, -0.05) is 0 Å². The van der Waals surface area contributed by atoms with Gasteiger partial charge in [-0.25, -0.2) is 13.2 Å². The number of nitrogens with two attached hydrogens (primary N) is 1. The number of ether oxygens (including phenoxy) is 1. The summed E-state index contributed by atoms with van der Waals surface area (Å²) in [4.78, 5) is 24.3. The van der Waals surface area contributed by atoms with Gasteiger partial charge in [0, 0.05) is 30.8 Å². The maximum absolute atomic E-state index is 13.6. The van der Waals surface area contributed by atoms with Gasteiger partial charge in [-0.05, 0) is 31.3 Å². The molecule has 1 aliphatic rings. The van der Waals surface area contributed by atoms with Gasteiger partial charge in [0.2, 0.25) is 5.91 Å². The Morgan fingerprint density at radius 1 is 1.18 bits per heavy atom. The van der Waals surface area contributed by atoms with Crippen LogP contribution in [0.5, 0.6) is 5.75 Å². The Morgan fingerprint density at radius 3 is 2.25 bits per heavy atom. The molecule has 6 nitrogen and oxygen atoms in total. The highest BCUT2D eigenvalue weighted by Gasteiger charge is 2.34. The van der Waals surface area contributed by atoms with Crippen LogP contribution in [0.2, 0.25) is 0 Å². The van der Waals surface area contributed by atoms with E-state index in [0.717, 1.165) is 0 Å². The third kappa shape index (κ3) is 4.80. The molecule has 0 saturated carbocycles. The van der Waals surface area contributed by atoms with E-state index < -0.39 is 41.5 Å². The van der Waals surface area contributed by atoms with Crippen molar-refractivity contribution in [3.05, 3.63) is 59.4 Å². The van der Waals surface area contributed by atoms with Crippen LogP contribution in [-0.4, -0.2) is 30.6 Å². The zero-order valence-electron chi connectivity index (χ0n) is 15.0. The Morgan fingerprint density at radius 2 is 1.75 bits per heavy atom. The lowest BCUT2D eigenvalue weighted by molar-refractivity contribution is -0.141. The summed E-state index contributed by atoms with van der Waals surface area (Å²) in [5.41, 5.74) is 4.61. The van der Waals surface area contributed by atoms with E-state index in [1.807, 2.05) is 0 Å². The summed E-state index contributed by atoms with van der Waals surface area (Å²) in [5.74, 6) is -4.86. The molecule has 1 unspecified atom stereocenters. The molecule has 0 aliphatic carbocycles. The summed E-state index contributed by atoms with van der Waals surface area (Å²) in [7, 11) is 1.50. The SMILES string of the molecule is CN.O=C(O)C1CC(=O)N(c2ccc(OCc3c(F)cc(F)cc3F)cc2)C1. The van der Waals surface area contributed by atoms with E-state index >= 15 is 0 Å². The molecule has 0 spiro atoms. The Labute approximate surface area is 159 Å². The molecule has 3 rings (SSSR count). The van der Waals surface area contributed by atoms with Crippen LogP contribution in [0.1, 0.15) is 12.0 Å². The fourth-order valence-electron chi connectivity index (χ4n) is 2.71. The third-order valence-corrected chi connectivity index (χ3v) is 4.11. The predicted molar refractivity (Wildman–Crippen MR) is 95.3 cm³/mol. The molecule has 0 radical (unpaired) electrons. The molecule has 3 N–H and O–H groups in total. The van der Waals surface area contributed by atoms with Crippen LogP contribution in [0, 0.1) is 23.4 Å². The van der Waals surface area contributed by atoms with Crippen LogP contribution < -0.4 is 15.4 Å². The molecular weight excluding hydrogens is 377 g/mol. The number of carbonyl (C=O) groups excluding carboxylic acids is 1. The van der Waals surface area contributed by atoms with Crippen molar-refractivity contribution in [2.24, 2.45) is 11.7 Å². The van der Waals surface area contributed by atoms with Gasteiger partial charge in [0.05, 0.1) is 11.5 Å². The monoisotopic (exact) mass is 396 g/mol. The number of aliphatic carboxylic acids is 1. The third-order valence-electron chi connectivity index (χ3n) is 4.11. The predicted octanol–water partition coefficient (Wildman–Crippen LogP) is 2.70. The standard InChI is InChI=1S/C18H14F3NO4.CH5N/c19-11-6-15(20)14(16(21)7-11)9-26-13-3-1-12(2-4-13)22-8-10(18(24)25)5-17(22)23;1-2/h1-4,6-7,10H,5,8-9H2,(H,24,25);2H2,1H3.